The lowest BCUT2D eigenvalue weighted by Crippen LogP contribution is -2.25. The van der Waals surface area contributed by atoms with E-state index in [4.69, 9.17) is 0 Å². The molecule has 0 unspecified atom stereocenters. The summed E-state index contributed by atoms with van der Waals surface area (Å²) in [5, 5.41) is 9.96. The van der Waals surface area contributed by atoms with Crippen molar-refractivity contribution < 1.29 is 13.9 Å². The third-order valence-corrected chi connectivity index (χ3v) is 7.51. The molecule has 3 heteroatoms. The van der Waals surface area contributed by atoms with E-state index in [-0.39, 0.29) is 5.39 Å². The van der Waals surface area contributed by atoms with Gasteiger partial charge >= 0.3 is 0 Å². The lowest BCUT2D eigenvalue weighted by molar-refractivity contribution is 0.156. The van der Waals surface area contributed by atoms with Crippen molar-refractivity contribution in [2.24, 2.45) is 17.8 Å². The average molecular weight is 387 g/mol. The highest BCUT2D eigenvalue weighted by atomic mass is 19.1. The molecule has 2 saturated carbocycles. The molecule has 2 aliphatic rings. The number of rotatable bonds is 4. The molecule has 1 nitrogen and oxygen atoms in total. The van der Waals surface area contributed by atoms with Crippen molar-refractivity contribution in [3.63, 3.8) is 0 Å². The third-order valence-electron chi connectivity index (χ3n) is 7.51. The first-order valence-corrected chi connectivity index (χ1v) is 11.2. The molecular formula is C25H32F2O. The van der Waals surface area contributed by atoms with E-state index in [0.29, 0.717) is 11.3 Å². The Morgan fingerprint density at radius 3 is 2.18 bits per heavy atom. The van der Waals surface area contributed by atoms with Gasteiger partial charge in [0.1, 0.15) is 5.82 Å². The van der Waals surface area contributed by atoms with Crippen LogP contribution in [0, 0.1) is 29.4 Å². The predicted molar refractivity (Wildman–Crippen MR) is 111 cm³/mol. The summed E-state index contributed by atoms with van der Waals surface area (Å²) in [6.07, 6.45) is 13.0. The van der Waals surface area contributed by atoms with Gasteiger partial charge in [0.2, 0.25) is 0 Å². The van der Waals surface area contributed by atoms with Gasteiger partial charge in [-0.2, -0.15) is 0 Å². The molecule has 0 aliphatic heterocycles. The zero-order valence-electron chi connectivity index (χ0n) is 16.9. The van der Waals surface area contributed by atoms with Crippen molar-refractivity contribution >= 4 is 10.8 Å². The van der Waals surface area contributed by atoms with Crippen molar-refractivity contribution in [1.82, 2.24) is 0 Å². The van der Waals surface area contributed by atoms with E-state index in [2.05, 4.69) is 6.92 Å². The summed E-state index contributed by atoms with van der Waals surface area (Å²) < 4.78 is 28.6. The Balaban J connectivity index is 1.41. The molecule has 0 heterocycles. The minimum Gasteiger partial charge on any atom is -0.505 e. The number of hydrogen-bond acceptors (Lipinski definition) is 1. The topological polar surface area (TPSA) is 20.2 Å². The van der Waals surface area contributed by atoms with Gasteiger partial charge in [0, 0.05) is 0 Å². The molecule has 2 fully saturated rings. The largest absolute Gasteiger partial charge is 0.505 e. The highest BCUT2D eigenvalue weighted by Gasteiger charge is 2.31. The van der Waals surface area contributed by atoms with E-state index in [1.54, 1.807) is 6.07 Å². The van der Waals surface area contributed by atoms with Crippen molar-refractivity contribution in [3.05, 3.63) is 41.5 Å². The van der Waals surface area contributed by atoms with Crippen LogP contribution in [0.4, 0.5) is 8.78 Å². The molecule has 2 aromatic carbocycles. The van der Waals surface area contributed by atoms with E-state index < -0.39 is 17.4 Å². The van der Waals surface area contributed by atoms with Crippen LogP contribution in [0.3, 0.4) is 0 Å². The molecule has 0 atom stereocenters. The molecule has 2 aromatic rings. The minimum absolute atomic E-state index is 0.0960. The molecule has 0 aromatic heterocycles. The van der Waals surface area contributed by atoms with Crippen LogP contribution in [0.2, 0.25) is 0 Å². The van der Waals surface area contributed by atoms with Crippen molar-refractivity contribution in [1.29, 1.82) is 0 Å². The van der Waals surface area contributed by atoms with E-state index in [1.165, 1.54) is 63.5 Å². The normalized spacial score (nSPS) is 28.5. The first kappa shape index (κ1) is 19.7. The number of halogens is 2. The van der Waals surface area contributed by atoms with E-state index in [0.717, 1.165) is 36.2 Å². The second kappa shape index (κ2) is 8.39. The summed E-state index contributed by atoms with van der Waals surface area (Å²) in [4.78, 5) is 0. The lowest BCUT2D eigenvalue weighted by Gasteiger charge is -2.38. The summed E-state index contributed by atoms with van der Waals surface area (Å²) in [6.45, 7) is 2.29. The summed E-state index contributed by atoms with van der Waals surface area (Å²) in [5.74, 6) is 1.13. The monoisotopic (exact) mass is 386 g/mol. The molecular weight excluding hydrogens is 354 g/mol. The molecule has 152 valence electrons. The second-order valence-corrected chi connectivity index (χ2v) is 9.18. The minimum atomic E-state index is -0.857. The van der Waals surface area contributed by atoms with Crippen LogP contribution in [-0.2, 0) is 0 Å². The molecule has 2 aliphatic carbocycles. The summed E-state index contributed by atoms with van der Waals surface area (Å²) in [7, 11) is 0. The molecule has 0 radical (unpaired) electrons. The Morgan fingerprint density at radius 1 is 0.893 bits per heavy atom. The number of hydrogen-bond donors (Lipinski definition) is 1. The summed E-state index contributed by atoms with van der Waals surface area (Å²) in [6, 6.07) is 6.33. The molecule has 0 amide bonds. The molecule has 0 spiro atoms. The fraction of sp³-hybridized carbons (Fsp3) is 0.600. The van der Waals surface area contributed by atoms with Crippen LogP contribution in [0.25, 0.3) is 10.8 Å². The molecule has 28 heavy (non-hydrogen) atoms. The Hall–Kier alpha value is -1.64. The van der Waals surface area contributed by atoms with Gasteiger partial charge in [-0.25, -0.2) is 8.78 Å². The maximum absolute atomic E-state index is 14.6. The lowest BCUT2D eigenvalue weighted by atomic mass is 9.68. The van der Waals surface area contributed by atoms with Crippen molar-refractivity contribution in [2.45, 2.75) is 77.0 Å². The van der Waals surface area contributed by atoms with E-state index >= 15 is 0 Å². The predicted octanol–water partition coefficient (Wildman–Crippen LogP) is 7.70. The maximum atomic E-state index is 14.6. The van der Waals surface area contributed by atoms with E-state index in [9.17, 15) is 13.9 Å². The Labute approximate surface area is 167 Å². The van der Waals surface area contributed by atoms with Gasteiger partial charge in [-0.3, -0.25) is 0 Å². The van der Waals surface area contributed by atoms with Crippen molar-refractivity contribution in [2.75, 3.05) is 0 Å². The van der Waals surface area contributed by atoms with Gasteiger partial charge in [-0.1, -0.05) is 44.7 Å². The van der Waals surface area contributed by atoms with Crippen LogP contribution < -0.4 is 0 Å². The van der Waals surface area contributed by atoms with Gasteiger partial charge < -0.3 is 5.11 Å². The van der Waals surface area contributed by atoms with Crippen molar-refractivity contribution in [3.8, 4) is 5.75 Å². The first-order chi connectivity index (χ1) is 13.6. The first-order valence-electron chi connectivity index (χ1n) is 11.2. The zero-order chi connectivity index (χ0) is 19.7. The van der Waals surface area contributed by atoms with Crippen LogP contribution >= 0.6 is 0 Å². The summed E-state index contributed by atoms with van der Waals surface area (Å²) in [5.41, 5.74) is 0.986. The van der Waals surface area contributed by atoms with Crippen LogP contribution in [-0.4, -0.2) is 5.11 Å². The molecule has 0 bridgehead atoms. The SMILES string of the molecule is CCCC1CCC(C2CCC(c3cc(F)c4c(F)c(O)ccc4c3)CC2)CC1. The number of benzene rings is 2. The molecule has 1 N–H and O–H groups in total. The second-order valence-electron chi connectivity index (χ2n) is 9.18. The van der Waals surface area contributed by atoms with Crippen LogP contribution in [0.1, 0.15) is 82.6 Å². The smallest absolute Gasteiger partial charge is 0.175 e. The summed E-state index contributed by atoms with van der Waals surface area (Å²) >= 11 is 0. The van der Waals surface area contributed by atoms with Crippen LogP contribution in [0.15, 0.2) is 24.3 Å². The van der Waals surface area contributed by atoms with Gasteiger partial charge in [-0.15, -0.1) is 0 Å². The number of fused-ring (bicyclic) bond motifs is 1. The fourth-order valence-corrected chi connectivity index (χ4v) is 5.90. The third kappa shape index (κ3) is 3.90. The fourth-order valence-electron chi connectivity index (χ4n) is 5.90. The highest BCUT2D eigenvalue weighted by molar-refractivity contribution is 5.86. The maximum Gasteiger partial charge on any atom is 0.175 e. The zero-order valence-corrected chi connectivity index (χ0v) is 16.9. The highest BCUT2D eigenvalue weighted by Crippen LogP contribution is 2.45. The van der Waals surface area contributed by atoms with Gasteiger partial charge in [0.15, 0.2) is 11.6 Å². The standard InChI is InChI=1S/C25H32F2O/c1-2-3-16-4-6-17(7-5-16)18-8-10-19(11-9-18)21-14-20-12-13-23(28)25(27)24(20)22(26)15-21/h12-19,28H,2-11H2,1H3. The molecule has 4 rings (SSSR count). The van der Waals surface area contributed by atoms with Gasteiger partial charge in [-0.05, 0) is 85.3 Å². The number of phenols is 1. The quantitative estimate of drug-likeness (QED) is 0.570. The Kier molecular flexibility index (Phi) is 5.89. The van der Waals surface area contributed by atoms with Gasteiger partial charge in [0.05, 0.1) is 5.39 Å². The number of phenolic OH excluding ortho intramolecular Hbond substituents is 1. The number of aromatic hydroxyl groups is 1. The Morgan fingerprint density at radius 2 is 1.54 bits per heavy atom. The average Bonchev–Trinajstić information content (AvgIpc) is 2.71. The molecule has 0 saturated heterocycles. The van der Waals surface area contributed by atoms with Gasteiger partial charge in [0.25, 0.3) is 0 Å². The van der Waals surface area contributed by atoms with E-state index in [1.807, 2.05) is 6.07 Å². The van der Waals surface area contributed by atoms with Crippen LogP contribution in [0.5, 0.6) is 5.75 Å². The Bertz CT molecular complexity index is 815.